The van der Waals surface area contributed by atoms with E-state index >= 15 is 0 Å². The molecular weight excluding hydrogens is 801 g/mol. The van der Waals surface area contributed by atoms with Crippen LogP contribution in [-0.4, -0.2) is 101 Å². The quantitative estimate of drug-likeness (QED) is 0.0579. The fourth-order valence-electron chi connectivity index (χ4n) is 6.98. The largest absolute Gasteiger partial charge is 0.493 e. The Bertz CT molecular complexity index is 1740. The lowest BCUT2D eigenvalue weighted by Gasteiger charge is -2.33. The zero-order valence-electron chi connectivity index (χ0n) is 38.2. The van der Waals surface area contributed by atoms with E-state index in [-0.39, 0.29) is 55.9 Å². The van der Waals surface area contributed by atoms with E-state index in [0.29, 0.717) is 44.0 Å². The number of primary amides is 1. The van der Waals surface area contributed by atoms with E-state index in [0.717, 1.165) is 11.1 Å². The molecule has 16 nitrogen and oxygen atoms in total. The SMILES string of the molecule is COCCCOc1cc(C[C@@H](C[C@H]2[C@H](C[C@H](C(=O)NCC(C)(C)C(N)=O)C(C)C)OCN2C(=O)OCOC(=O)[C@@H](NC(=O)OCc2ccccc2)C(C)C)C(C)C)ccc1OC. The Kier molecular flexibility index (Phi) is 20.8. The molecule has 0 unspecified atom stereocenters. The highest BCUT2D eigenvalue weighted by Gasteiger charge is 2.43. The molecule has 1 fully saturated rings. The summed E-state index contributed by atoms with van der Waals surface area (Å²) < 4.78 is 39.3. The number of benzene rings is 2. The van der Waals surface area contributed by atoms with Crippen molar-refractivity contribution in [3.8, 4) is 11.5 Å². The first-order chi connectivity index (χ1) is 29.4. The Balaban J connectivity index is 1.80. The van der Waals surface area contributed by atoms with E-state index in [9.17, 15) is 24.0 Å². The van der Waals surface area contributed by atoms with Gasteiger partial charge in [0.15, 0.2) is 11.5 Å². The van der Waals surface area contributed by atoms with Crippen LogP contribution in [0.1, 0.15) is 85.8 Å². The van der Waals surface area contributed by atoms with Crippen LogP contribution in [0.15, 0.2) is 48.5 Å². The Morgan fingerprint density at radius 3 is 2.18 bits per heavy atom. The Morgan fingerprint density at radius 1 is 0.855 bits per heavy atom. The molecule has 0 radical (unpaired) electrons. The third-order valence-corrected chi connectivity index (χ3v) is 11.2. The van der Waals surface area contributed by atoms with Gasteiger partial charge in [-0.2, -0.15) is 0 Å². The molecule has 2 aromatic rings. The van der Waals surface area contributed by atoms with E-state index in [1.165, 1.54) is 4.90 Å². The minimum absolute atomic E-state index is 0.0167. The maximum Gasteiger partial charge on any atom is 0.414 e. The molecule has 0 aliphatic carbocycles. The Morgan fingerprint density at radius 2 is 1.56 bits per heavy atom. The first kappa shape index (κ1) is 51.3. The standard InChI is InChI=1S/C46H70N4O12/c1-29(2)34(21-33-17-18-37(57-10)39(22-33)58-20-14-19-56-9)23-36-38(24-35(30(3)4)41(51)48-26-46(7,8)43(47)53)60-27-50(36)45(55)62-28-61-42(52)40(31(5)6)49-44(54)59-25-32-15-12-11-13-16-32/h11-13,15-18,22,29-31,34-36,38,40H,14,19-21,23-28H2,1-10H3,(H2,47,53)(H,48,51)(H,49,54)/t34-,35-,36-,38-,40-/m0/s1. The first-order valence-electron chi connectivity index (χ1n) is 21.4. The number of nitrogens with two attached hydrogens (primary N) is 1. The fraction of sp³-hybridized carbons (Fsp3) is 0.630. The van der Waals surface area contributed by atoms with Gasteiger partial charge in [0, 0.05) is 32.6 Å². The highest BCUT2D eigenvalue weighted by atomic mass is 16.7. The van der Waals surface area contributed by atoms with Gasteiger partial charge in [-0.3, -0.25) is 14.5 Å². The number of nitrogens with one attached hydrogen (secondary N) is 2. The van der Waals surface area contributed by atoms with E-state index in [1.807, 2.05) is 62.4 Å². The number of alkyl carbamates (subject to hydrolysis) is 1. The molecule has 0 spiro atoms. The van der Waals surface area contributed by atoms with Gasteiger partial charge in [0.2, 0.25) is 18.6 Å². The molecule has 1 aliphatic rings. The van der Waals surface area contributed by atoms with Gasteiger partial charge in [0.25, 0.3) is 0 Å². The Labute approximate surface area is 367 Å². The first-order valence-corrected chi connectivity index (χ1v) is 21.4. The third-order valence-electron chi connectivity index (χ3n) is 11.2. The molecule has 346 valence electrons. The summed E-state index contributed by atoms with van der Waals surface area (Å²) in [4.78, 5) is 66.7. The lowest BCUT2D eigenvalue weighted by atomic mass is 9.80. The number of hydrogen-bond donors (Lipinski definition) is 3. The zero-order valence-corrected chi connectivity index (χ0v) is 38.2. The molecule has 4 amide bonds. The van der Waals surface area contributed by atoms with Gasteiger partial charge < -0.3 is 49.5 Å². The molecule has 1 aliphatic heterocycles. The summed E-state index contributed by atoms with van der Waals surface area (Å²) in [6.45, 7) is 15.2. The monoisotopic (exact) mass is 870 g/mol. The number of rotatable bonds is 25. The minimum Gasteiger partial charge on any atom is -0.493 e. The van der Waals surface area contributed by atoms with Crippen LogP contribution < -0.4 is 25.8 Å². The van der Waals surface area contributed by atoms with Gasteiger partial charge in [-0.15, -0.1) is 0 Å². The molecule has 0 aromatic heterocycles. The van der Waals surface area contributed by atoms with Crippen LogP contribution in [0.2, 0.25) is 0 Å². The molecule has 16 heteroatoms. The predicted octanol–water partition coefficient (Wildman–Crippen LogP) is 6.22. The van der Waals surface area contributed by atoms with Crippen LogP contribution in [0.25, 0.3) is 0 Å². The number of carbonyl (C=O) groups is 5. The van der Waals surface area contributed by atoms with Crippen molar-refractivity contribution in [1.82, 2.24) is 15.5 Å². The van der Waals surface area contributed by atoms with Crippen molar-refractivity contribution in [1.29, 1.82) is 0 Å². The van der Waals surface area contributed by atoms with Crippen molar-refractivity contribution in [2.45, 2.75) is 106 Å². The topological polar surface area (TPSA) is 203 Å². The second kappa shape index (κ2) is 25.1. The van der Waals surface area contributed by atoms with Crippen molar-refractivity contribution >= 4 is 30.0 Å². The number of methoxy groups -OCH3 is 2. The number of nitrogens with zero attached hydrogens (tertiary/aromatic N) is 1. The summed E-state index contributed by atoms with van der Waals surface area (Å²) in [5.41, 5.74) is 6.41. The summed E-state index contributed by atoms with van der Waals surface area (Å²) in [7, 11) is 3.24. The van der Waals surface area contributed by atoms with Gasteiger partial charge in [0.1, 0.15) is 19.4 Å². The summed E-state index contributed by atoms with van der Waals surface area (Å²) >= 11 is 0. The van der Waals surface area contributed by atoms with Crippen molar-refractivity contribution in [3.05, 3.63) is 59.7 Å². The maximum atomic E-state index is 13.9. The van der Waals surface area contributed by atoms with Gasteiger partial charge >= 0.3 is 18.2 Å². The second-order valence-corrected chi connectivity index (χ2v) is 17.5. The Hall–Kier alpha value is -5.09. The van der Waals surface area contributed by atoms with Crippen LogP contribution in [0.5, 0.6) is 11.5 Å². The molecule has 2 aromatic carbocycles. The van der Waals surface area contributed by atoms with Crippen LogP contribution >= 0.6 is 0 Å². The van der Waals surface area contributed by atoms with Crippen LogP contribution in [0.4, 0.5) is 9.59 Å². The van der Waals surface area contributed by atoms with Crippen molar-refractivity contribution in [2.75, 3.05) is 47.5 Å². The van der Waals surface area contributed by atoms with Crippen molar-refractivity contribution in [3.63, 3.8) is 0 Å². The fourth-order valence-corrected chi connectivity index (χ4v) is 6.98. The van der Waals surface area contributed by atoms with Crippen molar-refractivity contribution < 1.29 is 57.1 Å². The number of ether oxygens (including phenoxy) is 7. The normalized spacial score (nSPS) is 16.7. The summed E-state index contributed by atoms with van der Waals surface area (Å²) in [6.07, 6.45) is -0.0284. The zero-order chi connectivity index (χ0) is 46.0. The van der Waals surface area contributed by atoms with E-state index in [4.69, 9.17) is 38.9 Å². The molecule has 62 heavy (non-hydrogen) atoms. The van der Waals surface area contributed by atoms with E-state index < -0.39 is 60.4 Å². The van der Waals surface area contributed by atoms with Gasteiger partial charge in [-0.05, 0) is 80.0 Å². The minimum atomic E-state index is -1.07. The molecule has 1 heterocycles. The summed E-state index contributed by atoms with van der Waals surface area (Å²) in [5, 5.41) is 5.45. The molecule has 0 bridgehead atoms. The van der Waals surface area contributed by atoms with Crippen LogP contribution in [-0.2, 0) is 51.1 Å². The third kappa shape index (κ3) is 16.0. The predicted molar refractivity (Wildman–Crippen MR) is 232 cm³/mol. The smallest absolute Gasteiger partial charge is 0.414 e. The molecule has 3 rings (SSSR count). The average Bonchev–Trinajstić information content (AvgIpc) is 3.63. The van der Waals surface area contributed by atoms with Crippen LogP contribution in [0.3, 0.4) is 0 Å². The van der Waals surface area contributed by atoms with E-state index in [2.05, 4.69) is 24.5 Å². The lowest BCUT2D eigenvalue weighted by Crippen LogP contribution is -2.47. The highest BCUT2D eigenvalue weighted by molar-refractivity contribution is 5.83. The molecular formula is C46H70N4O12. The molecule has 4 N–H and O–H groups in total. The second-order valence-electron chi connectivity index (χ2n) is 17.5. The van der Waals surface area contributed by atoms with Gasteiger partial charge in [-0.1, -0.05) is 77.9 Å². The van der Waals surface area contributed by atoms with E-state index in [1.54, 1.807) is 41.9 Å². The summed E-state index contributed by atoms with van der Waals surface area (Å²) in [6, 6.07) is 13.4. The lowest BCUT2D eigenvalue weighted by molar-refractivity contribution is -0.156. The highest BCUT2D eigenvalue weighted by Crippen LogP contribution is 2.36. The number of hydrogen-bond acceptors (Lipinski definition) is 12. The number of carbonyl (C=O) groups excluding carboxylic acids is 5. The van der Waals surface area contributed by atoms with Crippen LogP contribution in [0, 0.1) is 35.0 Å². The molecule has 5 atom stereocenters. The number of amides is 4. The molecule has 1 saturated heterocycles. The van der Waals surface area contributed by atoms with Gasteiger partial charge in [0.05, 0.1) is 31.3 Å². The average molecular weight is 871 g/mol. The number of esters is 1. The maximum absolute atomic E-state index is 13.9. The summed E-state index contributed by atoms with van der Waals surface area (Å²) in [5.74, 6) is -1.19. The molecule has 0 saturated carbocycles. The van der Waals surface area contributed by atoms with Crippen molar-refractivity contribution in [2.24, 2.45) is 40.7 Å². The van der Waals surface area contributed by atoms with Gasteiger partial charge in [-0.25, -0.2) is 14.4 Å².